The van der Waals surface area contributed by atoms with Crippen molar-refractivity contribution in [3.63, 3.8) is 0 Å². The van der Waals surface area contributed by atoms with Crippen molar-refractivity contribution in [3.8, 4) is 0 Å². The predicted octanol–water partition coefficient (Wildman–Crippen LogP) is 3.04. The molecule has 118 valence electrons. The van der Waals surface area contributed by atoms with Crippen molar-refractivity contribution in [1.29, 1.82) is 0 Å². The molecular weight excluding hydrogens is 260 g/mol. The van der Waals surface area contributed by atoms with Crippen LogP contribution in [0.3, 0.4) is 0 Å². The summed E-state index contributed by atoms with van der Waals surface area (Å²) in [4.78, 5) is 2.46. The van der Waals surface area contributed by atoms with E-state index in [1.807, 2.05) is 0 Å². The Kier molecular flexibility index (Phi) is 4.76. The van der Waals surface area contributed by atoms with Crippen LogP contribution in [0.4, 0.5) is 0 Å². The topological polar surface area (TPSA) is 38.5 Å². The summed E-state index contributed by atoms with van der Waals surface area (Å²) in [5, 5.41) is 0. The van der Waals surface area contributed by atoms with E-state index in [4.69, 9.17) is 10.5 Å². The maximum Gasteiger partial charge on any atom is 0.0788 e. The van der Waals surface area contributed by atoms with Crippen molar-refractivity contribution in [1.82, 2.24) is 4.90 Å². The molecule has 0 saturated carbocycles. The highest BCUT2D eigenvalue weighted by Gasteiger charge is 2.52. The minimum absolute atomic E-state index is 0.0670. The van der Waals surface area contributed by atoms with Crippen LogP contribution in [0.25, 0.3) is 0 Å². The van der Waals surface area contributed by atoms with Crippen molar-refractivity contribution in [2.24, 2.45) is 11.7 Å². The standard InChI is InChI=1S/C18H30N2O/c1-6-20(12-14-10-8-7-9-11-14)13-15-16(19)18(4,5)21-17(15,2)3/h7-11,15-16H,6,12-13,19H2,1-5H3. The lowest BCUT2D eigenvalue weighted by Gasteiger charge is -2.32. The molecule has 2 atom stereocenters. The molecule has 1 aliphatic heterocycles. The fourth-order valence-corrected chi connectivity index (χ4v) is 3.50. The number of nitrogens with two attached hydrogens (primary N) is 1. The third-order valence-electron chi connectivity index (χ3n) is 4.81. The van der Waals surface area contributed by atoms with Gasteiger partial charge in [0.15, 0.2) is 0 Å². The molecule has 1 aromatic rings. The molecule has 1 fully saturated rings. The molecule has 0 aromatic heterocycles. The fraction of sp³-hybridized carbons (Fsp3) is 0.667. The van der Waals surface area contributed by atoms with E-state index in [0.717, 1.165) is 19.6 Å². The van der Waals surface area contributed by atoms with Gasteiger partial charge in [-0.15, -0.1) is 0 Å². The zero-order chi connectivity index (χ0) is 15.7. The SMILES string of the molecule is CCN(Cc1ccccc1)CC1C(N)C(C)(C)OC1(C)C. The van der Waals surface area contributed by atoms with Crippen LogP contribution < -0.4 is 5.73 Å². The average Bonchev–Trinajstić information content (AvgIpc) is 2.57. The van der Waals surface area contributed by atoms with Crippen LogP contribution >= 0.6 is 0 Å². The summed E-state index contributed by atoms with van der Waals surface area (Å²) >= 11 is 0. The Morgan fingerprint density at radius 2 is 1.71 bits per heavy atom. The lowest BCUT2D eigenvalue weighted by atomic mass is 9.82. The molecule has 2 rings (SSSR count). The number of benzene rings is 1. The van der Waals surface area contributed by atoms with Crippen molar-refractivity contribution in [3.05, 3.63) is 35.9 Å². The van der Waals surface area contributed by atoms with E-state index in [0.29, 0.717) is 5.92 Å². The zero-order valence-corrected chi connectivity index (χ0v) is 14.1. The van der Waals surface area contributed by atoms with E-state index in [1.54, 1.807) is 0 Å². The quantitative estimate of drug-likeness (QED) is 0.906. The number of rotatable bonds is 5. The van der Waals surface area contributed by atoms with Crippen molar-refractivity contribution >= 4 is 0 Å². The van der Waals surface area contributed by atoms with Crippen LogP contribution in [0.15, 0.2) is 30.3 Å². The molecule has 21 heavy (non-hydrogen) atoms. The predicted molar refractivity (Wildman–Crippen MR) is 88.1 cm³/mol. The van der Waals surface area contributed by atoms with E-state index in [2.05, 4.69) is 69.9 Å². The first-order valence-corrected chi connectivity index (χ1v) is 7.98. The first-order chi connectivity index (χ1) is 9.76. The average molecular weight is 290 g/mol. The van der Waals surface area contributed by atoms with Gasteiger partial charge < -0.3 is 10.5 Å². The summed E-state index contributed by atoms with van der Waals surface area (Å²) in [5.41, 5.74) is 7.40. The smallest absolute Gasteiger partial charge is 0.0788 e. The molecule has 0 bridgehead atoms. The summed E-state index contributed by atoms with van der Waals surface area (Å²) in [6.07, 6.45) is 0. The lowest BCUT2D eigenvalue weighted by molar-refractivity contribution is -0.0785. The maximum absolute atomic E-state index is 6.48. The molecule has 0 aliphatic carbocycles. The molecule has 2 unspecified atom stereocenters. The fourth-order valence-electron chi connectivity index (χ4n) is 3.50. The molecule has 3 nitrogen and oxygen atoms in total. The Hall–Kier alpha value is -0.900. The van der Waals surface area contributed by atoms with Crippen LogP contribution in [0.2, 0.25) is 0 Å². The highest BCUT2D eigenvalue weighted by atomic mass is 16.5. The first-order valence-electron chi connectivity index (χ1n) is 7.98. The molecule has 1 heterocycles. The summed E-state index contributed by atoms with van der Waals surface area (Å²) in [6, 6.07) is 10.7. The summed E-state index contributed by atoms with van der Waals surface area (Å²) in [6.45, 7) is 13.7. The largest absolute Gasteiger partial charge is 0.368 e. The highest BCUT2D eigenvalue weighted by molar-refractivity contribution is 5.14. The van der Waals surface area contributed by atoms with Crippen molar-refractivity contribution < 1.29 is 4.74 Å². The van der Waals surface area contributed by atoms with Crippen LogP contribution in [-0.2, 0) is 11.3 Å². The van der Waals surface area contributed by atoms with Gasteiger partial charge in [0.1, 0.15) is 0 Å². The Balaban J connectivity index is 2.07. The minimum atomic E-state index is -0.250. The Labute approximate surface area is 129 Å². The normalized spacial score (nSPS) is 27.2. The highest BCUT2D eigenvalue weighted by Crippen LogP contribution is 2.41. The minimum Gasteiger partial charge on any atom is -0.368 e. The van der Waals surface area contributed by atoms with E-state index in [1.165, 1.54) is 5.56 Å². The molecule has 3 heteroatoms. The van der Waals surface area contributed by atoms with Gasteiger partial charge >= 0.3 is 0 Å². The lowest BCUT2D eigenvalue weighted by Crippen LogP contribution is -2.48. The second-order valence-electron chi connectivity index (χ2n) is 7.25. The third-order valence-corrected chi connectivity index (χ3v) is 4.81. The van der Waals surface area contributed by atoms with Gasteiger partial charge in [-0.05, 0) is 39.8 Å². The van der Waals surface area contributed by atoms with E-state index < -0.39 is 0 Å². The summed E-state index contributed by atoms with van der Waals surface area (Å²) < 4.78 is 6.20. The van der Waals surface area contributed by atoms with E-state index in [9.17, 15) is 0 Å². The van der Waals surface area contributed by atoms with Gasteiger partial charge in [-0.25, -0.2) is 0 Å². The van der Waals surface area contributed by atoms with Crippen LogP contribution in [-0.4, -0.2) is 35.2 Å². The van der Waals surface area contributed by atoms with E-state index >= 15 is 0 Å². The molecule has 0 amide bonds. The van der Waals surface area contributed by atoms with E-state index in [-0.39, 0.29) is 17.2 Å². The molecule has 1 aliphatic rings. The second kappa shape index (κ2) is 6.07. The second-order valence-corrected chi connectivity index (χ2v) is 7.25. The summed E-state index contributed by atoms with van der Waals surface area (Å²) in [5.74, 6) is 0.344. The van der Waals surface area contributed by atoms with Gasteiger partial charge in [0.25, 0.3) is 0 Å². The van der Waals surface area contributed by atoms with Gasteiger partial charge in [-0.3, -0.25) is 4.90 Å². The molecule has 0 radical (unpaired) electrons. The number of ether oxygens (including phenoxy) is 1. The Morgan fingerprint density at radius 3 is 2.19 bits per heavy atom. The molecule has 0 spiro atoms. The number of hydrogen-bond donors (Lipinski definition) is 1. The van der Waals surface area contributed by atoms with Crippen LogP contribution in [0, 0.1) is 5.92 Å². The first kappa shape index (κ1) is 16.5. The van der Waals surface area contributed by atoms with Crippen molar-refractivity contribution in [2.75, 3.05) is 13.1 Å². The van der Waals surface area contributed by atoms with Gasteiger partial charge in [-0.1, -0.05) is 37.3 Å². The van der Waals surface area contributed by atoms with Crippen LogP contribution in [0.5, 0.6) is 0 Å². The Morgan fingerprint density at radius 1 is 1.10 bits per heavy atom. The number of nitrogens with zero attached hydrogens (tertiary/aromatic N) is 1. The van der Waals surface area contributed by atoms with Gasteiger partial charge in [0.05, 0.1) is 11.2 Å². The van der Waals surface area contributed by atoms with Gasteiger partial charge in [0, 0.05) is 25.0 Å². The zero-order valence-electron chi connectivity index (χ0n) is 14.1. The third kappa shape index (κ3) is 3.65. The molecular formula is C18H30N2O. The van der Waals surface area contributed by atoms with Crippen molar-refractivity contribution in [2.45, 2.75) is 58.4 Å². The summed E-state index contributed by atoms with van der Waals surface area (Å²) in [7, 11) is 0. The monoisotopic (exact) mass is 290 g/mol. The molecule has 1 aromatic carbocycles. The maximum atomic E-state index is 6.48. The van der Waals surface area contributed by atoms with Gasteiger partial charge in [0.2, 0.25) is 0 Å². The van der Waals surface area contributed by atoms with Crippen LogP contribution in [0.1, 0.15) is 40.2 Å². The number of hydrogen-bond acceptors (Lipinski definition) is 3. The molecule has 1 saturated heterocycles. The van der Waals surface area contributed by atoms with Gasteiger partial charge in [-0.2, -0.15) is 0 Å². The Bertz CT molecular complexity index is 456. The molecule has 2 N–H and O–H groups in total.